The van der Waals surface area contributed by atoms with Crippen LogP contribution in [-0.4, -0.2) is 73.7 Å². The molecular formula is C26H38N4O4. The predicted molar refractivity (Wildman–Crippen MR) is 132 cm³/mol. The molecule has 1 aliphatic carbocycles. The van der Waals surface area contributed by atoms with Crippen LogP contribution < -0.4 is 16.2 Å². The summed E-state index contributed by atoms with van der Waals surface area (Å²) in [5.41, 5.74) is 14.6. The van der Waals surface area contributed by atoms with Gasteiger partial charge in [0, 0.05) is 56.5 Å². The van der Waals surface area contributed by atoms with Crippen molar-refractivity contribution in [1.29, 1.82) is 0 Å². The molecule has 0 saturated carbocycles. The fourth-order valence-corrected chi connectivity index (χ4v) is 5.35. The van der Waals surface area contributed by atoms with E-state index in [1.165, 1.54) is 0 Å². The summed E-state index contributed by atoms with van der Waals surface area (Å²) < 4.78 is 11.6. The number of hydrogen-bond donors (Lipinski definition) is 2. The Bertz CT molecular complexity index is 924. The lowest BCUT2D eigenvalue weighted by molar-refractivity contribution is -0.128. The number of nitrogen functional groups attached to an aromatic ring is 1. The average Bonchev–Trinajstić information content (AvgIpc) is 3.36. The van der Waals surface area contributed by atoms with Crippen molar-refractivity contribution in [2.45, 2.75) is 51.6 Å². The fourth-order valence-electron chi connectivity index (χ4n) is 5.35. The highest BCUT2D eigenvalue weighted by molar-refractivity contribution is 5.96. The molecule has 2 fully saturated rings. The van der Waals surface area contributed by atoms with Crippen LogP contribution in [0.15, 0.2) is 23.8 Å². The summed E-state index contributed by atoms with van der Waals surface area (Å²) in [5, 5.41) is 0. The van der Waals surface area contributed by atoms with E-state index < -0.39 is 5.91 Å². The second kappa shape index (κ2) is 11.2. The van der Waals surface area contributed by atoms with Crippen LogP contribution in [0.3, 0.4) is 0 Å². The molecule has 8 nitrogen and oxygen atoms in total. The van der Waals surface area contributed by atoms with Crippen molar-refractivity contribution in [2.24, 2.45) is 11.7 Å². The molecule has 1 aromatic carbocycles. The highest BCUT2D eigenvalue weighted by Crippen LogP contribution is 2.28. The molecule has 2 amide bonds. The molecule has 4 rings (SSSR count). The number of rotatable bonds is 8. The van der Waals surface area contributed by atoms with Gasteiger partial charge in [0.05, 0.1) is 24.9 Å². The average molecular weight is 471 g/mol. The van der Waals surface area contributed by atoms with E-state index in [4.69, 9.17) is 20.9 Å². The Morgan fingerprint density at radius 1 is 1.21 bits per heavy atom. The minimum absolute atomic E-state index is 0.00527. The number of nitrogens with two attached hydrogens (primary N) is 2. The maximum absolute atomic E-state index is 12.6. The summed E-state index contributed by atoms with van der Waals surface area (Å²) in [4.78, 5) is 29.1. The smallest absolute Gasteiger partial charge is 0.252 e. The van der Waals surface area contributed by atoms with Crippen LogP contribution in [0.1, 0.15) is 54.9 Å². The first kappa shape index (κ1) is 24.5. The van der Waals surface area contributed by atoms with Gasteiger partial charge in [0.25, 0.3) is 5.91 Å². The van der Waals surface area contributed by atoms with Crippen molar-refractivity contribution < 1.29 is 19.1 Å². The second-order valence-corrected chi connectivity index (χ2v) is 9.66. The molecule has 2 heterocycles. The molecule has 3 aliphatic rings. The lowest BCUT2D eigenvalue weighted by Crippen LogP contribution is -2.47. The zero-order valence-electron chi connectivity index (χ0n) is 20.3. The van der Waals surface area contributed by atoms with E-state index in [0.29, 0.717) is 42.6 Å². The first-order valence-corrected chi connectivity index (χ1v) is 12.6. The SMILES string of the molecule is CCOc1cc(N)c(CC2CN(CC3CCN(C(=O)C4=CCCC4)CC3)CCO2)cc1C(N)=O. The number of piperidine rings is 1. The van der Waals surface area contributed by atoms with E-state index in [1.807, 2.05) is 11.8 Å². The van der Waals surface area contributed by atoms with Crippen LogP contribution in [0.25, 0.3) is 0 Å². The highest BCUT2D eigenvalue weighted by Gasteiger charge is 2.29. The van der Waals surface area contributed by atoms with Gasteiger partial charge in [0.15, 0.2) is 0 Å². The normalized spacial score (nSPS) is 22.0. The lowest BCUT2D eigenvalue weighted by atomic mass is 9.95. The van der Waals surface area contributed by atoms with Crippen molar-refractivity contribution in [3.63, 3.8) is 0 Å². The Morgan fingerprint density at radius 3 is 2.68 bits per heavy atom. The van der Waals surface area contributed by atoms with Gasteiger partial charge in [-0.15, -0.1) is 0 Å². The Balaban J connectivity index is 1.30. The number of anilines is 1. The van der Waals surface area contributed by atoms with Crippen molar-refractivity contribution in [1.82, 2.24) is 9.80 Å². The van der Waals surface area contributed by atoms with Gasteiger partial charge in [-0.25, -0.2) is 0 Å². The Labute approximate surface area is 202 Å². The molecule has 34 heavy (non-hydrogen) atoms. The van der Waals surface area contributed by atoms with Gasteiger partial charge in [-0.3, -0.25) is 14.5 Å². The standard InChI is InChI=1S/C26H38N4O4/c1-2-33-24-15-23(27)20(14-22(24)25(28)31)13-21-17-29(11-12-34-21)16-18-7-9-30(10-8-18)26(32)19-5-3-4-6-19/h5,14-15,18,21H,2-4,6-13,16-17,27H2,1H3,(H2,28,31). The van der Waals surface area contributed by atoms with Crippen LogP contribution >= 0.6 is 0 Å². The number of amides is 2. The van der Waals surface area contributed by atoms with Gasteiger partial charge in [-0.05, 0) is 56.6 Å². The van der Waals surface area contributed by atoms with Crippen molar-refractivity contribution in [3.8, 4) is 5.75 Å². The van der Waals surface area contributed by atoms with E-state index >= 15 is 0 Å². The van der Waals surface area contributed by atoms with E-state index in [9.17, 15) is 9.59 Å². The predicted octanol–water partition coefficient (Wildman–Crippen LogP) is 2.36. The molecular weight excluding hydrogens is 432 g/mol. The van der Waals surface area contributed by atoms with Gasteiger partial charge in [0.2, 0.25) is 5.91 Å². The minimum atomic E-state index is -0.523. The molecule has 2 aliphatic heterocycles. The zero-order chi connectivity index (χ0) is 24.1. The molecule has 0 bridgehead atoms. The van der Waals surface area contributed by atoms with E-state index in [0.717, 1.165) is 76.0 Å². The van der Waals surface area contributed by atoms with Crippen LogP contribution in [0.4, 0.5) is 5.69 Å². The molecule has 8 heteroatoms. The molecule has 1 unspecified atom stereocenters. The van der Waals surface area contributed by atoms with Crippen LogP contribution in [-0.2, 0) is 16.0 Å². The summed E-state index contributed by atoms with van der Waals surface area (Å²) in [6.07, 6.45) is 7.94. The van der Waals surface area contributed by atoms with Crippen LogP contribution in [0.5, 0.6) is 5.75 Å². The summed E-state index contributed by atoms with van der Waals surface area (Å²) in [6, 6.07) is 3.44. The maximum atomic E-state index is 12.6. The first-order chi connectivity index (χ1) is 16.4. The van der Waals surface area contributed by atoms with Gasteiger partial charge < -0.3 is 25.8 Å². The van der Waals surface area contributed by atoms with Gasteiger partial charge in [-0.1, -0.05) is 6.08 Å². The number of primary amides is 1. The van der Waals surface area contributed by atoms with Crippen LogP contribution in [0.2, 0.25) is 0 Å². The molecule has 2 saturated heterocycles. The third kappa shape index (κ3) is 5.91. The third-order valence-electron chi connectivity index (χ3n) is 7.21. The number of carbonyl (C=O) groups is 2. The summed E-state index contributed by atoms with van der Waals surface area (Å²) in [7, 11) is 0. The van der Waals surface area contributed by atoms with E-state index in [1.54, 1.807) is 12.1 Å². The molecule has 1 atom stereocenters. The molecule has 0 radical (unpaired) electrons. The molecule has 4 N–H and O–H groups in total. The fraction of sp³-hybridized carbons (Fsp3) is 0.615. The number of ether oxygens (including phenoxy) is 2. The van der Waals surface area contributed by atoms with Crippen LogP contribution in [0, 0.1) is 5.92 Å². The Hall–Kier alpha value is -2.58. The molecule has 0 spiro atoms. The Kier molecular flexibility index (Phi) is 8.11. The number of hydrogen-bond acceptors (Lipinski definition) is 6. The molecule has 0 aromatic heterocycles. The number of nitrogens with zero attached hydrogens (tertiary/aromatic N) is 2. The summed E-state index contributed by atoms with van der Waals surface area (Å²) >= 11 is 0. The largest absolute Gasteiger partial charge is 0.493 e. The van der Waals surface area contributed by atoms with Crippen molar-refractivity contribution in [2.75, 3.05) is 51.7 Å². The molecule has 186 valence electrons. The number of benzene rings is 1. The number of morpholine rings is 1. The highest BCUT2D eigenvalue weighted by atomic mass is 16.5. The number of allylic oxidation sites excluding steroid dienone is 1. The topological polar surface area (TPSA) is 111 Å². The molecule has 1 aromatic rings. The second-order valence-electron chi connectivity index (χ2n) is 9.66. The summed E-state index contributed by atoms with van der Waals surface area (Å²) in [5.74, 6) is 0.754. The zero-order valence-corrected chi connectivity index (χ0v) is 20.3. The lowest BCUT2D eigenvalue weighted by Gasteiger charge is -2.38. The third-order valence-corrected chi connectivity index (χ3v) is 7.21. The van der Waals surface area contributed by atoms with Crippen molar-refractivity contribution >= 4 is 17.5 Å². The quantitative estimate of drug-likeness (QED) is 0.564. The van der Waals surface area contributed by atoms with E-state index in [2.05, 4.69) is 11.0 Å². The van der Waals surface area contributed by atoms with Gasteiger partial charge in [0.1, 0.15) is 5.75 Å². The first-order valence-electron chi connectivity index (χ1n) is 12.6. The Morgan fingerprint density at radius 2 is 2.00 bits per heavy atom. The number of carbonyl (C=O) groups excluding carboxylic acids is 2. The monoisotopic (exact) mass is 470 g/mol. The summed E-state index contributed by atoms with van der Waals surface area (Å²) in [6.45, 7) is 7.43. The van der Waals surface area contributed by atoms with Crippen molar-refractivity contribution in [3.05, 3.63) is 34.9 Å². The van der Waals surface area contributed by atoms with E-state index in [-0.39, 0.29) is 12.0 Å². The minimum Gasteiger partial charge on any atom is -0.493 e. The maximum Gasteiger partial charge on any atom is 0.252 e. The van der Waals surface area contributed by atoms with Gasteiger partial charge >= 0.3 is 0 Å². The van der Waals surface area contributed by atoms with Gasteiger partial charge in [-0.2, -0.15) is 0 Å². The number of likely N-dealkylation sites (tertiary alicyclic amines) is 1.